The van der Waals surface area contributed by atoms with E-state index < -0.39 is 6.10 Å². The number of unbranched alkanes of at least 4 members (excludes halogenated alkanes) is 32. The molecule has 0 aromatic heterocycles. The van der Waals surface area contributed by atoms with Gasteiger partial charge >= 0.3 is 17.9 Å². The van der Waals surface area contributed by atoms with Gasteiger partial charge in [-0.1, -0.05) is 223 Å². The summed E-state index contributed by atoms with van der Waals surface area (Å²) in [6.45, 7) is 6.58. The van der Waals surface area contributed by atoms with Crippen LogP contribution >= 0.6 is 0 Å². The second-order valence-electron chi connectivity index (χ2n) is 18.8. The van der Waals surface area contributed by atoms with E-state index in [2.05, 4.69) is 69.4 Å². The topological polar surface area (TPSA) is 78.9 Å². The third kappa shape index (κ3) is 52.2. The van der Waals surface area contributed by atoms with E-state index in [-0.39, 0.29) is 31.1 Å². The molecule has 0 aliphatic carbocycles. The van der Waals surface area contributed by atoms with Crippen LogP contribution in [-0.4, -0.2) is 37.2 Å². The first-order chi connectivity index (χ1) is 32.0. The minimum atomic E-state index is -0.779. The number of allylic oxidation sites excluding steroid dienone is 8. The number of esters is 3. The van der Waals surface area contributed by atoms with Gasteiger partial charge < -0.3 is 14.2 Å². The molecule has 0 bridgehead atoms. The smallest absolute Gasteiger partial charge is 0.306 e. The van der Waals surface area contributed by atoms with Crippen molar-refractivity contribution in [1.29, 1.82) is 0 Å². The highest BCUT2D eigenvalue weighted by Crippen LogP contribution is 2.15. The van der Waals surface area contributed by atoms with Crippen molar-refractivity contribution in [3.63, 3.8) is 0 Å². The fourth-order valence-electron chi connectivity index (χ4n) is 7.98. The predicted molar refractivity (Wildman–Crippen MR) is 279 cm³/mol. The second kappa shape index (κ2) is 54.0. The number of rotatable bonds is 51. The van der Waals surface area contributed by atoms with Crippen molar-refractivity contribution in [3.8, 4) is 0 Å². The Morgan fingerprint density at radius 2 is 0.569 bits per heavy atom. The molecule has 6 heteroatoms. The zero-order chi connectivity index (χ0) is 47.2. The van der Waals surface area contributed by atoms with Gasteiger partial charge in [0.2, 0.25) is 0 Å². The van der Waals surface area contributed by atoms with Crippen molar-refractivity contribution in [3.05, 3.63) is 48.6 Å². The number of hydrogen-bond donors (Lipinski definition) is 0. The monoisotopic (exact) mass is 911 g/mol. The third-order valence-electron chi connectivity index (χ3n) is 12.3. The van der Waals surface area contributed by atoms with Gasteiger partial charge in [0.1, 0.15) is 13.2 Å². The van der Waals surface area contributed by atoms with Crippen molar-refractivity contribution in [2.75, 3.05) is 13.2 Å². The van der Waals surface area contributed by atoms with Gasteiger partial charge in [0.25, 0.3) is 0 Å². The molecule has 0 saturated carbocycles. The second-order valence-corrected chi connectivity index (χ2v) is 18.8. The van der Waals surface area contributed by atoms with E-state index in [1.165, 1.54) is 173 Å². The van der Waals surface area contributed by atoms with Gasteiger partial charge in [-0.25, -0.2) is 0 Å². The molecule has 0 unspecified atom stereocenters. The van der Waals surface area contributed by atoms with E-state index in [9.17, 15) is 14.4 Å². The van der Waals surface area contributed by atoms with Crippen LogP contribution in [0.5, 0.6) is 0 Å². The number of ether oxygens (including phenoxy) is 3. The Labute approximate surface area is 403 Å². The molecule has 0 aliphatic heterocycles. The van der Waals surface area contributed by atoms with E-state index >= 15 is 0 Å². The lowest BCUT2D eigenvalue weighted by atomic mass is 10.1. The molecule has 0 saturated heterocycles. The largest absolute Gasteiger partial charge is 0.462 e. The van der Waals surface area contributed by atoms with Crippen LogP contribution < -0.4 is 0 Å². The van der Waals surface area contributed by atoms with Crippen molar-refractivity contribution < 1.29 is 28.6 Å². The lowest BCUT2D eigenvalue weighted by molar-refractivity contribution is -0.167. The summed E-state index contributed by atoms with van der Waals surface area (Å²) in [5, 5.41) is 0. The van der Waals surface area contributed by atoms with Gasteiger partial charge in [-0.05, 0) is 96.3 Å². The fourth-order valence-corrected chi connectivity index (χ4v) is 7.98. The van der Waals surface area contributed by atoms with E-state index in [1.54, 1.807) is 0 Å². The number of hydrogen-bond acceptors (Lipinski definition) is 6. The van der Waals surface area contributed by atoms with E-state index in [4.69, 9.17) is 14.2 Å². The summed E-state index contributed by atoms with van der Waals surface area (Å²) in [6.07, 6.45) is 65.3. The first-order valence-electron chi connectivity index (χ1n) is 28.1. The molecule has 6 nitrogen and oxygen atoms in total. The Bertz CT molecular complexity index is 1140. The van der Waals surface area contributed by atoms with E-state index in [1.807, 2.05) is 0 Å². The summed E-state index contributed by atoms with van der Waals surface area (Å²) in [4.78, 5) is 38.1. The molecule has 378 valence electrons. The van der Waals surface area contributed by atoms with Crippen molar-refractivity contribution >= 4 is 17.9 Å². The van der Waals surface area contributed by atoms with Crippen LogP contribution in [0.15, 0.2) is 48.6 Å². The Hall–Kier alpha value is -2.63. The lowest BCUT2D eigenvalue weighted by Crippen LogP contribution is -2.30. The summed E-state index contributed by atoms with van der Waals surface area (Å²) in [7, 11) is 0. The highest BCUT2D eigenvalue weighted by atomic mass is 16.6. The van der Waals surface area contributed by atoms with Gasteiger partial charge in [0.05, 0.1) is 0 Å². The molecular formula is C59H106O6. The standard InChI is InChI=1S/C59H106O6/c1-4-7-10-13-16-19-22-24-26-28-29-31-33-35-38-41-44-47-50-53-59(62)65-56(54-63-57(60)51-48-45-42-39-36-21-18-15-12-9-6-3)55-64-58(61)52-49-46-43-40-37-34-32-30-27-25-23-20-17-14-11-8-5-2/h15,17-18,20,24-27,56H,4-14,16,19,21-23,28-55H2,1-3H3/b18-15-,20-17-,26-24-,27-25-/t56-/m0/s1. The van der Waals surface area contributed by atoms with Crippen LogP contribution in [0.1, 0.15) is 290 Å². The average Bonchev–Trinajstić information content (AvgIpc) is 3.30. The molecule has 0 aromatic rings. The van der Waals surface area contributed by atoms with Crippen molar-refractivity contribution in [1.82, 2.24) is 0 Å². The maximum absolute atomic E-state index is 12.8. The molecule has 0 fully saturated rings. The SMILES string of the molecule is CCCC/C=C\CCCCCCCC(=O)OC[C@@H](COC(=O)CCCCCCCCC/C=C\C/C=C\CCCCC)OC(=O)CCCCCCCCCCC/C=C\CCCCCCCC. The van der Waals surface area contributed by atoms with Crippen LogP contribution in [-0.2, 0) is 28.6 Å². The minimum absolute atomic E-state index is 0.0794. The molecule has 1 atom stereocenters. The minimum Gasteiger partial charge on any atom is -0.462 e. The van der Waals surface area contributed by atoms with Crippen LogP contribution in [0.3, 0.4) is 0 Å². The van der Waals surface area contributed by atoms with Crippen LogP contribution in [0.2, 0.25) is 0 Å². The first-order valence-corrected chi connectivity index (χ1v) is 28.1. The predicted octanol–water partition coefficient (Wildman–Crippen LogP) is 18.7. The van der Waals surface area contributed by atoms with E-state index in [0.717, 1.165) is 77.0 Å². The summed E-state index contributed by atoms with van der Waals surface area (Å²) in [5.74, 6) is -0.888. The zero-order valence-electron chi connectivity index (χ0n) is 43.3. The summed E-state index contributed by atoms with van der Waals surface area (Å²) in [6, 6.07) is 0. The molecule has 0 rings (SSSR count). The van der Waals surface area contributed by atoms with Crippen molar-refractivity contribution in [2.45, 2.75) is 297 Å². The molecule has 65 heavy (non-hydrogen) atoms. The molecular weight excluding hydrogens is 805 g/mol. The van der Waals surface area contributed by atoms with Gasteiger partial charge in [-0.15, -0.1) is 0 Å². The Morgan fingerprint density at radius 1 is 0.308 bits per heavy atom. The first kappa shape index (κ1) is 62.4. The van der Waals surface area contributed by atoms with Gasteiger partial charge in [0, 0.05) is 19.3 Å². The lowest BCUT2D eigenvalue weighted by Gasteiger charge is -2.18. The zero-order valence-corrected chi connectivity index (χ0v) is 43.3. The third-order valence-corrected chi connectivity index (χ3v) is 12.3. The molecule has 0 aromatic carbocycles. The molecule has 0 amide bonds. The Balaban J connectivity index is 4.33. The number of carbonyl (C=O) groups excluding carboxylic acids is 3. The number of carbonyl (C=O) groups is 3. The van der Waals surface area contributed by atoms with Crippen LogP contribution in [0, 0.1) is 0 Å². The Kier molecular flexibility index (Phi) is 51.8. The van der Waals surface area contributed by atoms with Crippen LogP contribution in [0.4, 0.5) is 0 Å². The highest BCUT2D eigenvalue weighted by Gasteiger charge is 2.19. The summed E-state index contributed by atoms with van der Waals surface area (Å²) < 4.78 is 16.8. The Morgan fingerprint density at radius 3 is 0.938 bits per heavy atom. The average molecular weight is 911 g/mol. The summed E-state index contributed by atoms with van der Waals surface area (Å²) >= 11 is 0. The molecule has 0 N–H and O–H groups in total. The molecule has 0 aliphatic rings. The maximum atomic E-state index is 12.8. The highest BCUT2D eigenvalue weighted by molar-refractivity contribution is 5.71. The summed E-state index contributed by atoms with van der Waals surface area (Å²) in [5.41, 5.74) is 0. The van der Waals surface area contributed by atoms with E-state index in [0.29, 0.717) is 19.3 Å². The molecule has 0 radical (unpaired) electrons. The normalized spacial score (nSPS) is 12.4. The van der Waals surface area contributed by atoms with Gasteiger partial charge in [-0.3, -0.25) is 14.4 Å². The van der Waals surface area contributed by atoms with Crippen LogP contribution in [0.25, 0.3) is 0 Å². The maximum Gasteiger partial charge on any atom is 0.306 e. The molecule has 0 heterocycles. The fraction of sp³-hybridized carbons (Fsp3) is 0.814. The van der Waals surface area contributed by atoms with Gasteiger partial charge in [0.15, 0.2) is 6.10 Å². The molecule has 0 spiro atoms. The quantitative estimate of drug-likeness (QED) is 0.0262. The van der Waals surface area contributed by atoms with Gasteiger partial charge in [-0.2, -0.15) is 0 Å². The van der Waals surface area contributed by atoms with Crippen molar-refractivity contribution in [2.24, 2.45) is 0 Å².